The summed E-state index contributed by atoms with van der Waals surface area (Å²) in [6.07, 6.45) is -0.196. The van der Waals surface area contributed by atoms with Gasteiger partial charge in [-0.2, -0.15) is 9.59 Å². The number of carbonyl (C=O) groups excluding carboxylic acids is 5. The number of nitrogens with zero attached hydrogens (tertiary/aromatic N) is 2. The minimum Gasteiger partial charge on any atom is -0.550 e. The van der Waals surface area contributed by atoms with Crippen LogP contribution in [0.2, 0.25) is 0 Å². The largest absolute Gasteiger partial charge is 1.00 e. The molecule has 2 aromatic rings. The van der Waals surface area contributed by atoms with E-state index in [-0.39, 0.29) is 257 Å². The molecule has 0 saturated carbocycles. The minimum absolute atomic E-state index is 0. The van der Waals surface area contributed by atoms with Crippen molar-refractivity contribution in [3.05, 3.63) is 77.7 Å². The predicted octanol–water partition coefficient (Wildman–Crippen LogP) is -9.76. The Kier molecular flexibility index (Phi) is 72.3. The Balaban J connectivity index is -0.000000140. The van der Waals surface area contributed by atoms with Crippen LogP contribution in [0.3, 0.4) is 0 Å². The molecule has 3 N–H and O–H groups in total. The van der Waals surface area contributed by atoms with Crippen LogP contribution >= 0.6 is 91.0 Å². The number of halogens is 5. The number of nitrogens with one attached hydrogen (secondary N) is 1. The Labute approximate surface area is 567 Å². The summed E-state index contributed by atoms with van der Waals surface area (Å²) in [6, 6.07) is 15.4. The van der Waals surface area contributed by atoms with Crippen molar-refractivity contribution in [2.24, 2.45) is 0 Å². The van der Waals surface area contributed by atoms with Gasteiger partial charge in [0.25, 0.3) is 0 Å². The second-order valence-electron chi connectivity index (χ2n) is 10.6. The van der Waals surface area contributed by atoms with Crippen LogP contribution < -0.4 is 226 Å². The van der Waals surface area contributed by atoms with Gasteiger partial charge < -0.3 is 57.1 Å². The van der Waals surface area contributed by atoms with Gasteiger partial charge in [0.15, 0.2) is 0 Å². The van der Waals surface area contributed by atoms with Crippen LogP contribution in [0, 0.1) is 6.92 Å². The maximum atomic E-state index is 10.7. The van der Waals surface area contributed by atoms with Crippen LogP contribution in [-0.4, -0.2) is 95.2 Å². The second kappa shape index (κ2) is 55.0. The third-order valence-electron chi connectivity index (χ3n) is 6.56. The van der Waals surface area contributed by atoms with Crippen molar-refractivity contribution in [2.45, 2.75) is 56.9 Å². The normalized spacial score (nSPS) is 9.24. The second-order valence-corrected chi connectivity index (χ2v) is 22.0. The average molecular weight is 1310 g/mol. The van der Waals surface area contributed by atoms with Gasteiger partial charge in [-0.15, -0.1) is 29.7 Å². The van der Waals surface area contributed by atoms with E-state index in [4.69, 9.17) is 43.0 Å². The van der Waals surface area contributed by atoms with Gasteiger partial charge >= 0.3 is 224 Å². The molecular weight excluding hydrogens is 1260 g/mol. The van der Waals surface area contributed by atoms with E-state index in [1.54, 1.807) is 4.90 Å². The van der Waals surface area contributed by atoms with Crippen molar-refractivity contribution in [3.8, 4) is 0 Å². The van der Waals surface area contributed by atoms with Crippen molar-refractivity contribution < 1.29 is 265 Å². The van der Waals surface area contributed by atoms with Gasteiger partial charge in [-0.1, -0.05) is 116 Å². The number of aliphatic carboxylic acids is 5. The smallest absolute Gasteiger partial charge is 0.550 e. The van der Waals surface area contributed by atoms with E-state index in [0.29, 0.717) is 51.0 Å². The fraction of sp³-hybridized carbons (Fsp3) is 0.457. The molecule has 0 bridgehead atoms. The molecule has 0 aliphatic rings. The standard InChI is InChI=1S/C19H27N2O6.C8H8Cl2.C6H11NO4.CHI3.CO2.4K/c1-2-20(10-7-17(22)23)13-15-5-3-4-6-16(15)14-21(11-8-18(24)25)12-9-19(26)27;9-5-7-3-1-2-4-8(7)6-10;8-5(9)1-3-7-4-2-6(10)11;2-1(3)4;2-1-3;;;;/h3-6H,1-2,7-14H2,(H,22,23)(H,24,25)(H,26,27);1-4H,5-6H2;7H,1-4H2,(H,8,9)(H,10,11);1H;;;;;/q-1;;;;;4*+1/p-3. The first-order valence-corrected chi connectivity index (χ1v) is 20.9. The summed E-state index contributed by atoms with van der Waals surface area (Å²) in [4.78, 5) is 71.9. The Bertz CT molecular complexity index is 1380. The first kappa shape index (κ1) is 77.6. The van der Waals surface area contributed by atoms with Crippen molar-refractivity contribution in [3.63, 3.8) is 0 Å². The zero-order valence-electron chi connectivity index (χ0n) is 33.8. The Morgan fingerprint density at radius 1 is 0.627 bits per heavy atom. The van der Waals surface area contributed by atoms with Crippen LogP contribution in [0.15, 0.2) is 48.5 Å². The molecule has 0 fully saturated rings. The van der Waals surface area contributed by atoms with Crippen LogP contribution in [0.5, 0.6) is 0 Å². The van der Waals surface area contributed by atoms with Crippen molar-refractivity contribution >= 4 is 127 Å². The maximum Gasteiger partial charge on any atom is 1.00 e. The number of carbonyl (C=O) groups is 5. The molecule has 2 rings (SSSR count). The molecule has 0 spiro atoms. The molecule has 24 heteroatoms. The molecule has 0 atom stereocenters. The summed E-state index contributed by atoms with van der Waals surface area (Å²) in [5.41, 5.74) is 4.09. The average Bonchev–Trinajstić information content (AvgIpc) is 3.11. The molecule has 59 heavy (non-hydrogen) atoms. The molecule has 0 unspecified atom stereocenters. The quantitative estimate of drug-likeness (QED) is 0.0326. The first-order valence-electron chi connectivity index (χ1n) is 16.1. The van der Waals surface area contributed by atoms with Gasteiger partial charge in [0.1, 0.15) is -0.0619 Å². The summed E-state index contributed by atoms with van der Waals surface area (Å²) in [7, 11) is 0. The summed E-state index contributed by atoms with van der Waals surface area (Å²) >= 11 is 18.3. The third kappa shape index (κ3) is 56.6. The molecule has 0 aliphatic heterocycles. The molecule has 0 amide bonds. The molecular formula is C35H44Cl2I3K4N3O12. The summed E-state index contributed by atoms with van der Waals surface area (Å²) in [6.45, 7) is 6.33. The molecule has 0 aliphatic carbocycles. The monoisotopic (exact) mass is 1300 g/mol. The van der Waals surface area contributed by atoms with Gasteiger partial charge in [-0.25, -0.2) is 0 Å². The zero-order chi connectivity index (χ0) is 42.6. The minimum atomic E-state index is -1.20. The van der Waals surface area contributed by atoms with Crippen LogP contribution in [0.1, 0.15) is 54.4 Å². The number of hydrogen-bond acceptors (Lipinski definition) is 13. The molecule has 0 radical (unpaired) electrons. The summed E-state index contributed by atoms with van der Waals surface area (Å²) in [5.74, 6) is -4.20. The summed E-state index contributed by atoms with van der Waals surface area (Å²) in [5, 5.41) is 51.2. The van der Waals surface area contributed by atoms with E-state index in [9.17, 15) is 39.3 Å². The molecule has 310 valence electrons. The Morgan fingerprint density at radius 2 is 0.898 bits per heavy atom. The number of rotatable bonds is 22. The summed E-state index contributed by atoms with van der Waals surface area (Å²) < 4.78 is 0.743. The van der Waals surface area contributed by atoms with E-state index < -0.39 is 29.8 Å². The number of carboxylic acids is 5. The van der Waals surface area contributed by atoms with Gasteiger partial charge in [0.05, 0.1) is 12.8 Å². The topological polar surface area (TPSA) is 248 Å². The maximum absolute atomic E-state index is 10.7. The van der Waals surface area contributed by atoms with Crippen LogP contribution in [0.4, 0.5) is 0 Å². The van der Waals surface area contributed by atoms with Gasteiger partial charge in [-0.3, -0.25) is 14.5 Å². The van der Waals surface area contributed by atoms with Crippen molar-refractivity contribution in [2.75, 3.05) is 39.3 Å². The van der Waals surface area contributed by atoms with E-state index in [1.165, 1.54) is 0 Å². The van der Waals surface area contributed by atoms with Crippen molar-refractivity contribution in [1.29, 1.82) is 0 Å². The van der Waals surface area contributed by atoms with Crippen molar-refractivity contribution in [1.82, 2.24) is 15.1 Å². The zero-order valence-corrected chi connectivity index (χ0v) is 54.2. The molecule has 0 aromatic heterocycles. The van der Waals surface area contributed by atoms with Gasteiger partial charge in [-0.05, 0) is 41.5 Å². The number of benzene rings is 2. The molecule has 2 aromatic carbocycles. The van der Waals surface area contributed by atoms with E-state index in [1.807, 2.05) is 53.4 Å². The van der Waals surface area contributed by atoms with Gasteiger partial charge in [0.2, 0.25) is 0 Å². The van der Waals surface area contributed by atoms with Gasteiger partial charge in [0, 0.05) is 75.5 Å². The molecule has 0 heterocycles. The van der Waals surface area contributed by atoms with E-state index in [2.05, 4.69) is 80.0 Å². The number of alkyl halides is 5. The Hall–Kier alpha value is 4.37. The van der Waals surface area contributed by atoms with Crippen LogP contribution in [-0.2, 0) is 58.4 Å². The molecule has 15 nitrogen and oxygen atoms in total. The third-order valence-corrected chi connectivity index (χ3v) is 7.13. The van der Waals surface area contributed by atoms with E-state index >= 15 is 0 Å². The predicted molar refractivity (Wildman–Crippen MR) is 225 cm³/mol. The number of hydrogen-bond donors (Lipinski definition) is 3. The van der Waals surface area contributed by atoms with E-state index in [0.717, 1.165) is 22.2 Å². The fourth-order valence-corrected chi connectivity index (χ4v) is 4.49. The molecule has 0 saturated heterocycles. The number of carboxylic acid groups (broad SMARTS) is 5. The fourth-order valence-electron chi connectivity index (χ4n) is 3.97. The Morgan fingerprint density at radius 3 is 1.15 bits per heavy atom. The van der Waals surface area contributed by atoms with Crippen LogP contribution in [0.25, 0.3) is 0 Å². The first-order chi connectivity index (χ1) is 26.0. The SMILES string of the molecule is ClCc1ccccc1CCl.IC(I)I.O=C(O)CCNCCC(=O)O.O=C=O.[CH2-]CN(CCC(=O)[O-])Cc1ccccc1CN(CCC(=O)[O-])CCC(=O)[O-].[K+].[K+].[K+].[K+].